The number of hydrogen-bond acceptors (Lipinski definition) is 4. The summed E-state index contributed by atoms with van der Waals surface area (Å²) in [4.78, 5) is 31.0. The molecule has 1 aromatic rings. The van der Waals surface area contributed by atoms with Crippen molar-refractivity contribution in [2.24, 2.45) is 17.8 Å². The maximum atomic E-state index is 12.4. The van der Waals surface area contributed by atoms with Crippen molar-refractivity contribution in [3.63, 3.8) is 0 Å². The fourth-order valence-electron chi connectivity index (χ4n) is 4.01. The second-order valence-electron chi connectivity index (χ2n) is 7.46. The van der Waals surface area contributed by atoms with E-state index in [9.17, 15) is 9.59 Å². The summed E-state index contributed by atoms with van der Waals surface area (Å²) in [6.07, 6.45) is 8.94. The van der Waals surface area contributed by atoms with Crippen LogP contribution in [0.15, 0.2) is 17.2 Å². The van der Waals surface area contributed by atoms with E-state index in [1.165, 1.54) is 12.8 Å². The van der Waals surface area contributed by atoms with Crippen molar-refractivity contribution in [1.82, 2.24) is 14.9 Å². The van der Waals surface area contributed by atoms with E-state index in [1.54, 1.807) is 17.0 Å². The molecular formula is C18H26N4O2. The molecule has 24 heavy (non-hydrogen) atoms. The molecule has 4 rings (SSSR count). The quantitative estimate of drug-likeness (QED) is 0.886. The zero-order valence-corrected chi connectivity index (χ0v) is 14.3. The fourth-order valence-corrected chi connectivity index (χ4v) is 4.01. The van der Waals surface area contributed by atoms with E-state index >= 15 is 0 Å². The molecule has 130 valence electrons. The zero-order chi connectivity index (χ0) is 16.7. The number of carbonyl (C=O) groups is 1. The molecular weight excluding hydrogens is 304 g/mol. The second-order valence-corrected chi connectivity index (χ2v) is 7.46. The van der Waals surface area contributed by atoms with E-state index in [0.717, 1.165) is 38.3 Å². The normalized spacial score (nSPS) is 27.1. The summed E-state index contributed by atoms with van der Waals surface area (Å²) in [5.41, 5.74) is -0.0206. The van der Waals surface area contributed by atoms with Gasteiger partial charge in [0, 0.05) is 44.0 Å². The number of rotatable bonds is 5. The van der Waals surface area contributed by atoms with Gasteiger partial charge in [0.1, 0.15) is 0 Å². The monoisotopic (exact) mass is 330 g/mol. The maximum absolute atomic E-state index is 12.4. The van der Waals surface area contributed by atoms with Gasteiger partial charge in [-0.05, 0) is 50.9 Å². The van der Waals surface area contributed by atoms with Gasteiger partial charge >= 0.3 is 0 Å². The van der Waals surface area contributed by atoms with Gasteiger partial charge in [0.15, 0.2) is 5.82 Å². The molecule has 0 radical (unpaired) electrons. The van der Waals surface area contributed by atoms with Crippen LogP contribution in [0.4, 0.5) is 5.82 Å². The van der Waals surface area contributed by atoms with Gasteiger partial charge in [-0.2, -0.15) is 0 Å². The predicted octanol–water partition coefficient (Wildman–Crippen LogP) is 1.39. The molecule has 6 heteroatoms. The van der Waals surface area contributed by atoms with Gasteiger partial charge in [-0.15, -0.1) is 0 Å². The lowest BCUT2D eigenvalue weighted by Gasteiger charge is -2.32. The summed E-state index contributed by atoms with van der Waals surface area (Å²) >= 11 is 0. The molecule has 1 amide bonds. The molecule has 6 nitrogen and oxygen atoms in total. The Balaban J connectivity index is 1.30. The Morgan fingerprint density at radius 2 is 2.04 bits per heavy atom. The van der Waals surface area contributed by atoms with Crippen LogP contribution in [0, 0.1) is 17.8 Å². The summed E-state index contributed by atoms with van der Waals surface area (Å²) < 4.78 is 1.68. The molecule has 2 aliphatic carbocycles. The number of aryl methyl sites for hydroxylation is 1. The molecule has 1 saturated heterocycles. The first kappa shape index (κ1) is 15.7. The number of aromatic nitrogens is 2. The molecule has 2 atom stereocenters. The molecule has 1 N–H and O–H groups in total. The highest BCUT2D eigenvalue weighted by Gasteiger charge is 2.51. The van der Waals surface area contributed by atoms with Gasteiger partial charge in [0.25, 0.3) is 5.56 Å². The van der Waals surface area contributed by atoms with Crippen molar-refractivity contribution in [3.8, 4) is 0 Å². The minimum atomic E-state index is -0.0206. The van der Waals surface area contributed by atoms with E-state index in [1.807, 2.05) is 6.92 Å². The van der Waals surface area contributed by atoms with Crippen LogP contribution in [0.5, 0.6) is 0 Å². The second kappa shape index (κ2) is 6.22. The lowest BCUT2D eigenvalue weighted by atomic mass is 10.0. The standard InChI is InChI=1S/C18H26N4O2/c1-2-21-10-7-19-16(18(21)24)22-8-5-13(6-9-22)20-17(23)15-11-14(15)12-3-4-12/h7,10,12-15H,2-6,8-9,11H2,1H3,(H,20,23)/t14-,15-/m1/s1. The summed E-state index contributed by atoms with van der Waals surface area (Å²) in [6, 6.07) is 0.242. The molecule has 2 heterocycles. The topological polar surface area (TPSA) is 67.2 Å². The smallest absolute Gasteiger partial charge is 0.293 e. The van der Waals surface area contributed by atoms with E-state index in [4.69, 9.17) is 0 Å². The molecule has 1 aromatic heterocycles. The van der Waals surface area contributed by atoms with Crippen molar-refractivity contribution in [2.75, 3.05) is 18.0 Å². The molecule has 0 aromatic carbocycles. The number of anilines is 1. The Hall–Kier alpha value is -1.85. The highest BCUT2D eigenvalue weighted by Crippen LogP contribution is 2.54. The lowest BCUT2D eigenvalue weighted by Crippen LogP contribution is -2.47. The summed E-state index contributed by atoms with van der Waals surface area (Å²) in [5, 5.41) is 3.23. The number of carbonyl (C=O) groups excluding carboxylic acids is 1. The third kappa shape index (κ3) is 3.06. The molecule has 3 fully saturated rings. The molecule has 1 aliphatic heterocycles. The van der Waals surface area contributed by atoms with E-state index < -0.39 is 0 Å². The van der Waals surface area contributed by atoms with Crippen LogP contribution < -0.4 is 15.8 Å². The minimum Gasteiger partial charge on any atom is -0.353 e. The van der Waals surface area contributed by atoms with Crippen LogP contribution >= 0.6 is 0 Å². The predicted molar refractivity (Wildman–Crippen MR) is 91.9 cm³/mol. The van der Waals surface area contributed by atoms with Crippen molar-refractivity contribution in [3.05, 3.63) is 22.7 Å². The summed E-state index contributed by atoms with van der Waals surface area (Å²) in [7, 11) is 0. The Morgan fingerprint density at radius 1 is 1.29 bits per heavy atom. The van der Waals surface area contributed by atoms with Gasteiger partial charge in [-0.3, -0.25) is 9.59 Å². The van der Waals surface area contributed by atoms with Crippen LogP contribution in [-0.2, 0) is 11.3 Å². The van der Waals surface area contributed by atoms with Crippen molar-refractivity contribution >= 4 is 11.7 Å². The zero-order valence-electron chi connectivity index (χ0n) is 14.3. The first-order valence-corrected chi connectivity index (χ1v) is 9.28. The third-order valence-electron chi connectivity index (χ3n) is 5.78. The SMILES string of the molecule is CCn1ccnc(N2CCC(NC(=O)[C@@H]3C[C@@H]3C3CC3)CC2)c1=O. The number of piperidine rings is 1. The first-order valence-electron chi connectivity index (χ1n) is 9.28. The molecule has 0 unspecified atom stereocenters. The Labute approximate surface area is 142 Å². The Morgan fingerprint density at radius 3 is 2.71 bits per heavy atom. The Kier molecular flexibility index (Phi) is 4.06. The summed E-state index contributed by atoms with van der Waals surface area (Å²) in [6.45, 7) is 4.17. The van der Waals surface area contributed by atoms with Crippen LogP contribution in [0.25, 0.3) is 0 Å². The lowest BCUT2D eigenvalue weighted by molar-refractivity contribution is -0.123. The molecule has 0 spiro atoms. The van der Waals surface area contributed by atoms with Gasteiger partial charge in [0.05, 0.1) is 0 Å². The van der Waals surface area contributed by atoms with Crippen molar-refractivity contribution < 1.29 is 4.79 Å². The average Bonchev–Trinajstić information content (AvgIpc) is 3.48. The third-order valence-corrected chi connectivity index (χ3v) is 5.78. The fraction of sp³-hybridized carbons (Fsp3) is 0.722. The largest absolute Gasteiger partial charge is 0.353 e. The number of amides is 1. The number of hydrogen-bond donors (Lipinski definition) is 1. The van der Waals surface area contributed by atoms with Crippen LogP contribution in [0.1, 0.15) is 39.0 Å². The van der Waals surface area contributed by atoms with Crippen LogP contribution in [0.3, 0.4) is 0 Å². The van der Waals surface area contributed by atoms with Gasteiger partial charge in [-0.25, -0.2) is 4.98 Å². The van der Waals surface area contributed by atoms with Gasteiger partial charge < -0.3 is 14.8 Å². The summed E-state index contributed by atoms with van der Waals surface area (Å²) in [5.74, 6) is 2.60. The van der Waals surface area contributed by atoms with Gasteiger partial charge in [-0.1, -0.05) is 0 Å². The van der Waals surface area contributed by atoms with E-state index in [0.29, 0.717) is 18.3 Å². The highest BCUT2D eigenvalue weighted by atomic mass is 16.2. The highest BCUT2D eigenvalue weighted by molar-refractivity contribution is 5.82. The van der Waals surface area contributed by atoms with Crippen molar-refractivity contribution in [2.45, 2.75) is 51.6 Å². The molecule has 0 bridgehead atoms. The first-order chi connectivity index (χ1) is 11.7. The average molecular weight is 330 g/mol. The molecule has 2 saturated carbocycles. The van der Waals surface area contributed by atoms with Crippen LogP contribution in [0.2, 0.25) is 0 Å². The molecule has 3 aliphatic rings. The number of nitrogens with one attached hydrogen (secondary N) is 1. The number of nitrogens with zero attached hydrogens (tertiary/aromatic N) is 3. The minimum absolute atomic E-state index is 0.0206. The van der Waals surface area contributed by atoms with Crippen LogP contribution in [-0.4, -0.2) is 34.6 Å². The Bertz CT molecular complexity index is 674. The maximum Gasteiger partial charge on any atom is 0.293 e. The van der Waals surface area contributed by atoms with E-state index in [2.05, 4.69) is 15.2 Å². The van der Waals surface area contributed by atoms with E-state index in [-0.39, 0.29) is 23.4 Å². The van der Waals surface area contributed by atoms with Crippen molar-refractivity contribution in [1.29, 1.82) is 0 Å². The van der Waals surface area contributed by atoms with Gasteiger partial charge in [0.2, 0.25) is 5.91 Å².